The first-order chi connectivity index (χ1) is 12.6. The number of carbonyl (C=O) groups is 1. The van der Waals surface area contributed by atoms with Gasteiger partial charge < -0.3 is 14.8 Å². The summed E-state index contributed by atoms with van der Waals surface area (Å²) < 4.78 is 12.4. The largest absolute Gasteiger partial charge is 0.497 e. The monoisotopic (exact) mass is 355 g/mol. The van der Waals surface area contributed by atoms with Crippen LogP contribution in [-0.4, -0.2) is 42.1 Å². The van der Waals surface area contributed by atoms with Gasteiger partial charge in [-0.25, -0.2) is 0 Å². The zero-order valence-corrected chi connectivity index (χ0v) is 15.3. The fraction of sp³-hybridized carbons (Fsp3) is 0.500. The quantitative estimate of drug-likeness (QED) is 0.916. The number of methoxy groups -OCH3 is 1. The van der Waals surface area contributed by atoms with Crippen molar-refractivity contribution in [3.63, 3.8) is 0 Å². The molecule has 1 N–H and O–H groups in total. The maximum absolute atomic E-state index is 12.8. The third kappa shape index (κ3) is 2.98. The third-order valence-corrected chi connectivity index (χ3v) is 5.94. The molecule has 1 atom stereocenters. The Morgan fingerprint density at radius 1 is 1.31 bits per heavy atom. The van der Waals surface area contributed by atoms with Crippen LogP contribution >= 0.6 is 0 Å². The summed E-state index contributed by atoms with van der Waals surface area (Å²) in [5, 5.41) is 7.75. The van der Waals surface area contributed by atoms with Gasteiger partial charge in [-0.2, -0.15) is 5.10 Å². The molecular weight excluding hydrogens is 330 g/mol. The van der Waals surface area contributed by atoms with Gasteiger partial charge in [-0.1, -0.05) is 12.1 Å². The van der Waals surface area contributed by atoms with Crippen LogP contribution in [0, 0.1) is 5.41 Å². The van der Waals surface area contributed by atoms with Crippen molar-refractivity contribution in [3.05, 3.63) is 36.0 Å². The van der Waals surface area contributed by atoms with Crippen LogP contribution < -0.4 is 10.1 Å². The van der Waals surface area contributed by atoms with E-state index in [0.717, 1.165) is 49.5 Å². The van der Waals surface area contributed by atoms with Crippen molar-refractivity contribution >= 4 is 5.91 Å². The van der Waals surface area contributed by atoms with Crippen LogP contribution in [0.25, 0.3) is 11.3 Å². The molecule has 6 nitrogen and oxygen atoms in total. The average Bonchev–Trinajstić information content (AvgIpc) is 3.07. The Morgan fingerprint density at radius 2 is 2.12 bits per heavy atom. The number of nitrogens with zero attached hydrogens (tertiary/aromatic N) is 2. The van der Waals surface area contributed by atoms with Crippen LogP contribution in [0.3, 0.4) is 0 Å². The highest BCUT2D eigenvalue weighted by molar-refractivity contribution is 5.94. The molecule has 2 fully saturated rings. The molecule has 2 heterocycles. The number of carbonyl (C=O) groups excluding carboxylic acids is 1. The van der Waals surface area contributed by atoms with Crippen LogP contribution in [-0.2, 0) is 11.8 Å². The summed E-state index contributed by atoms with van der Waals surface area (Å²) >= 11 is 0. The first-order valence-corrected chi connectivity index (χ1v) is 9.18. The van der Waals surface area contributed by atoms with Gasteiger partial charge >= 0.3 is 0 Å². The summed E-state index contributed by atoms with van der Waals surface area (Å²) in [7, 11) is 3.45. The van der Waals surface area contributed by atoms with Crippen molar-refractivity contribution in [2.75, 3.05) is 20.3 Å². The maximum atomic E-state index is 12.8. The normalized spacial score (nSPS) is 21.2. The Hall–Kier alpha value is -2.34. The number of hydrogen-bond donors (Lipinski definition) is 1. The standard InChI is InChI=1S/C20H25N3O3/c1-23-17(13-16(22-23)14-4-3-5-15(12-14)25-2)19(24)21-18-6-7-20(18)8-10-26-11-9-20/h3-5,12-13,18H,6-11H2,1-2H3,(H,21,24). The molecule has 1 amide bonds. The Kier molecular flexibility index (Phi) is 4.44. The summed E-state index contributed by atoms with van der Waals surface area (Å²) in [6.07, 6.45) is 4.31. The predicted octanol–water partition coefficient (Wildman–Crippen LogP) is 2.78. The Balaban J connectivity index is 1.51. The van der Waals surface area contributed by atoms with E-state index in [1.165, 1.54) is 6.42 Å². The maximum Gasteiger partial charge on any atom is 0.269 e. The molecule has 2 aromatic rings. The number of rotatable bonds is 4. The smallest absolute Gasteiger partial charge is 0.269 e. The molecule has 1 saturated heterocycles. The van der Waals surface area contributed by atoms with Crippen LogP contribution in [0.4, 0.5) is 0 Å². The summed E-state index contributed by atoms with van der Waals surface area (Å²) in [6, 6.07) is 9.80. The van der Waals surface area contributed by atoms with Gasteiger partial charge in [0, 0.05) is 31.9 Å². The molecule has 1 aromatic carbocycles. The topological polar surface area (TPSA) is 65.4 Å². The van der Waals surface area contributed by atoms with Gasteiger partial charge in [-0.15, -0.1) is 0 Å². The fourth-order valence-electron chi connectivity index (χ4n) is 4.13. The Morgan fingerprint density at radius 3 is 2.81 bits per heavy atom. The van der Waals surface area contributed by atoms with E-state index >= 15 is 0 Å². The fourth-order valence-corrected chi connectivity index (χ4v) is 4.13. The predicted molar refractivity (Wildman–Crippen MR) is 98.2 cm³/mol. The molecule has 26 heavy (non-hydrogen) atoms. The second-order valence-corrected chi connectivity index (χ2v) is 7.31. The lowest BCUT2D eigenvalue weighted by Crippen LogP contribution is -2.57. The van der Waals surface area contributed by atoms with Gasteiger partial charge in [-0.3, -0.25) is 9.48 Å². The minimum Gasteiger partial charge on any atom is -0.497 e. The number of benzene rings is 1. The van der Waals surface area contributed by atoms with Gasteiger partial charge in [0.2, 0.25) is 0 Å². The van der Waals surface area contributed by atoms with Crippen molar-refractivity contribution in [1.82, 2.24) is 15.1 Å². The SMILES string of the molecule is COc1cccc(-c2cc(C(=O)NC3CCC34CCOCC4)n(C)n2)c1. The van der Waals surface area contributed by atoms with Crippen molar-refractivity contribution in [2.45, 2.75) is 31.7 Å². The van der Waals surface area contributed by atoms with E-state index in [9.17, 15) is 4.79 Å². The van der Waals surface area contributed by atoms with Gasteiger partial charge in [-0.05, 0) is 49.3 Å². The van der Waals surface area contributed by atoms with Crippen LogP contribution in [0.2, 0.25) is 0 Å². The van der Waals surface area contributed by atoms with E-state index in [-0.39, 0.29) is 17.4 Å². The van der Waals surface area contributed by atoms with Crippen LogP contribution in [0.1, 0.15) is 36.2 Å². The van der Waals surface area contributed by atoms with Crippen molar-refractivity contribution in [2.24, 2.45) is 12.5 Å². The number of hydrogen-bond acceptors (Lipinski definition) is 4. The number of aromatic nitrogens is 2. The van der Waals surface area contributed by atoms with E-state index in [0.29, 0.717) is 5.69 Å². The molecule has 1 spiro atoms. The highest BCUT2D eigenvalue weighted by Crippen LogP contribution is 2.48. The van der Waals surface area contributed by atoms with E-state index in [1.807, 2.05) is 37.4 Å². The van der Waals surface area contributed by atoms with Crippen LogP contribution in [0.5, 0.6) is 5.75 Å². The van der Waals surface area contributed by atoms with E-state index in [2.05, 4.69) is 10.4 Å². The average molecular weight is 355 g/mol. The van der Waals surface area contributed by atoms with E-state index < -0.39 is 0 Å². The number of nitrogens with one attached hydrogen (secondary N) is 1. The molecule has 4 rings (SSSR count). The molecule has 1 unspecified atom stereocenters. The molecule has 1 aliphatic heterocycles. The number of amides is 1. The Labute approximate surface area is 153 Å². The van der Waals surface area contributed by atoms with Gasteiger partial charge in [0.05, 0.1) is 12.8 Å². The zero-order valence-electron chi connectivity index (χ0n) is 15.3. The third-order valence-electron chi connectivity index (χ3n) is 5.94. The number of aryl methyl sites for hydroxylation is 1. The first kappa shape index (κ1) is 17.1. The molecule has 1 aromatic heterocycles. The highest BCUT2D eigenvalue weighted by atomic mass is 16.5. The van der Waals surface area contributed by atoms with Gasteiger partial charge in [0.15, 0.2) is 0 Å². The lowest BCUT2D eigenvalue weighted by molar-refractivity contribution is -0.0523. The first-order valence-electron chi connectivity index (χ1n) is 9.18. The van der Waals surface area contributed by atoms with Crippen molar-refractivity contribution in [1.29, 1.82) is 0 Å². The lowest BCUT2D eigenvalue weighted by Gasteiger charge is -2.52. The number of ether oxygens (including phenoxy) is 2. The minimum atomic E-state index is -0.0512. The van der Waals surface area contributed by atoms with E-state index in [1.54, 1.807) is 11.8 Å². The summed E-state index contributed by atoms with van der Waals surface area (Å²) in [4.78, 5) is 12.8. The van der Waals surface area contributed by atoms with E-state index in [4.69, 9.17) is 9.47 Å². The van der Waals surface area contributed by atoms with Crippen molar-refractivity contribution < 1.29 is 14.3 Å². The second kappa shape index (κ2) is 6.76. The molecule has 2 aliphatic rings. The highest BCUT2D eigenvalue weighted by Gasteiger charge is 2.48. The zero-order chi connectivity index (χ0) is 18.1. The van der Waals surface area contributed by atoms with Crippen LogP contribution in [0.15, 0.2) is 30.3 Å². The summed E-state index contributed by atoms with van der Waals surface area (Å²) in [5.41, 5.74) is 2.52. The molecule has 6 heteroatoms. The minimum absolute atomic E-state index is 0.0512. The molecule has 0 radical (unpaired) electrons. The molecule has 138 valence electrons. The molecule has 1 aliphatic carbocycles. The summed E-state index contributed by atoms with van der Waals surface area (Å²) in [5.74, 6) is 0.722. The Bertz CT molecular complexity index is 808. The van der Waals surface area contributed by atoms with Gasteiger partial charge in [0.25, 0.3) is 5.91 Å². The molecular formula is C20H25N3O3. The van der Waals surface area contributed by atoms with Crippen molar-refractivity contribution in [3.8, 4) is 17.0 Å². The lowest BCUT2D eigenvalue weighted by atomic mass is 9.60. The molecule has 0 bridgehead atoms. The summed E-state index contributed by atoms with van der Waals surface area (Å²) in [6.45, 7) is 1.61. The second-order valence-electron chi connectivity index (χ2n) is 7.31. The van der Waals surface area contributed by atoms with Gasteiger partial charge in [0.1, 0.15) is 11.4 Å². The molecule has 1 saturated carbocycles.